The Morgan fingerprint density at radius 1 is 1.38 bits per heavy atom. The summed E-state index contributed by atoms with van der Waals surface area (Å²) in [6.07, 6.45) is 3.42. The van der Waals surface area contributed by atoms with Crippen LogP contribution < -0.4 is 15.4 Å². The number of aryl methyl sites for hydroxylation is 1. The molecule has 1 amide bonds. The second-order valence-corrected chi connectivity index (χ2v) is 6.26. The zero-order valence-electron chi connectivity index (χ0n) is 13.2. The monoisotopic (exact) mass is 290 g/mol. The molecule has 0 bridgehead atoms. The molecule has 2 N–H and O–H groups in total. The van der Waals surface area contributed by atoms with Crippen LogP contribution in [0.1, 0.15) is 38.7 Å². The van der Waals surface area contributed by atoms with Crippen molar-refractivity contribution in [1.82, 2.24) is 10.6 Å². The first-order valence-electron chi connectivity index (χ1n) is 7.75. The molecule has 0 spiro atoms. The number of carbonyl (C=O) groups excluding carboxylic acids is 1. The van der Waals surface area contributed by atoms with Crippen molar-refractivity contribution in [2.24, 2.45) is 0 Å². The Kier molecular flexibility index (Phi) is 5.23. The Hall–Kier alpha value is -1.55. The summed E-state index contributed by atoms with van der Waals surface area (Å²) in [5.41, 5.74) is 0.312. The molecule has 0 saturated carbocycles. The lowest BCUT2D eigenvalue weighted by molar-refractivity contribution is -0.134. The molecule has 116 valence electrons. The Balaban J connectivity index is 1.79. The van der Waals surface area contributed by atoms with Gasteiger partial charge < -0.3 is 15.4 Å². The van der Waals surface area contributed by atoms with Crippen molar-refractivity contribution in [2.75, 3.05) is 13.1 Å². The third kappa shape index (κ3) is 4.74. The van der Waals surface area contributed by atoms with Gasteiger partial charge >= 0.3 is 0 Å². The first-order chi connectivity index (χ1) is 9.97. The topological polar surface area (TPSA) is 50.4 Å². The average Bonchev–Trinajstić information content (AvgIpc) is 2.94. The van der Waals surface area contributed by atoms with E-state index in [0.717, 1.165) is 18.7 Å². The van der Waals surface area contributed by atoms with E-state index < -0.39 is 5.60 Å². The maximum Gasteiger partial charge on any atom is 0.263 e. The summed E-state index contributed by atoms with van der Waals surface area (Å²) >= 11 is 0. The number of rotatable bonds is 6. The van der Waals surface area contributed by atoms with E-state index in [2.05, 4.69) is 10.6 Å². The molecule has 2 rings (SSSR count). The maximum atomic E-state index is 12.3. The molecule has 0 radical (unpaired) electrons. The van der Waals surface area contributed by atoms with E-state index in [1.807, 2.05) is 31.2 Å². The third-order valence-electron chi connectivity index (χ3n) is 3.88. The van der Waals surface area contributed by atoms with Crippen molar-refractivity contribution < 1.29 is 9.53 Å². The van der Waals surface area contributed by atoms with Gasteiger partial charge in [0, 0.05) is 12.6 Å². The largest absolute Gasteiger partial charge is 0.478 e. The molecule has 21 heavy (non-hydrogen) atoms. The number of nitrogens with one attached hydrogen (secondary N) is 2. The standard InChI is InChI=1S/C17H26N2O2/c1-13-6-8-15(9-7-13)21-17(2,3)16(20)19-12-10-14-5-4-11-18-14/h6-9,14,18H,4-5,10-12H2,1-3H3,(H,19,20)/t14-/m0/s1. The summed E-state index contributed by atoms with van der Waals surface area (Å²) in [6, 6.07) is 8.30. The maximum absolute atomic E-state index is 12.3. The molecule has 1 heterocycles. The number of ether oxygens (including phenoxy) is 1. The van der Waals surface area contributed by atoms with Crippen LogP contribution in [0.15, 0.2) is 24.3 Å². The molecular weight excluding hydrogens is 264 g/mol. The molecule has 1 saturated heterocycles. The molecule has 0 aromatic heterocycles. The van der Waals surface area contributed by atoms with E-state index >= 15 is 0 Å². The van der Waals surface area contributed by atoms with Crippen LogP contribution >= 0.6 is 0 Å². The predicted octanol–water partition coefficient (Wildman–Crippen LogP) is 2.41. The summed E-state index contributed by atoms with van der Waals surface area (Å²) in [4.78, 5) is 12.3. The van der Waals surface area contributed by atoms with E-state index in [1.165, 1.54) is 18.4 Å². The first kappa shape index (κ1) is 15.8. The van der Waals surface area contributed by atoms with Crippen LogP contribution in [-0.4, -0.2) is 30.6 Å². The summed E-state index contributed by atoms with van der Waals surface area (Å²) in [5, 5.41) is 6.41. The Bertz CT molecular complexity index is 462. The quantitative estimate of drug-likeness (QED) is 0.846. The van der Waals surface area contributed by atoms with Gasteiger partial charge in [-0.1, -0.05) is 17.7 Å². The second-order valence-electron chi connectivity index (χ2n) is 6.26. The predicted molar refractivity (Wildman–Crippen MR) is 84.5 cm³/mol. The number of carbonyl (C=O) groups is 1. The molecule has 4 heteroatoms. The molecule has 1 aliphatic rings. The van der Waals surface area contributed by atoms with Crippen LogP contribution in [0.3, 0.4) is 0 Å². The lowest BCUT2D eigenvalue weighted by atomic mass is 10.1. The number of benzene rings is 1. The SMILES string of the molecule is Cc1ccc(OC(C)(C)C(=O)NCC[C@@H]2CCCN2)cc1. The van der Waals surface area contributed by atoms with Crippen LogP contribution in [-0.2, 0) is 4.79 Å². The molecule has 1 aliphatic heterocycles. The Morgan fingerprint density at radius 2 is 2.10 bits per heavy atom. The van der Waals surface area contributed by atoms with E-state index in [0.29, 0.717) is 12.6 Å². The van der Waals surface area contributed by atoms with Gasteiger partial charge in [0.25, 0.3) is 5.91 Å². The average molecular weight is 290 g/mol. The van der Waals surface area contributed by atoms with Gasteiger partial charge in [0.1, 0.15) is 5.75 Å². The molecule has 0 unspecified atom stereocenters. The minimum absolute atomic E-state index is 0.0685. The Labute approximate surface area is 127 Å². The molecular formula is C17H26N2O2. The van der Waals surface area contributed by atoms with Crippen molar-refractivity contribution in [3.8, 4) is 5.75 Å². The summed E-state index contributed by atoms with van der Waals surface area (Å²) in [7, 11) is 0. The fourth-order valence-corrected chi connectivity index (χ4v) is 2.52. The van der Waals surface area contributed by atoms with E-state index in [9.17, 15) is 4.79 Å². The fraction of sp³-hybridized carbons (Fsp3) is 0.588. The highest BCUT2D eigenvalue weighted by Gasteiger charge is 2.29. The minimum atomic E-state index is -0.863. The van der Waals surface area contributed by atoms with Gasteiger partial charge in [0.05, 0.1) is 0 Å². The van der Waals surface area contributed by atoms with Gasteiger partial charge in [-0.15, -0.1) is 0 Å². The zero-order chi connectivity index (χ0) is 15.3. The lowest BCUT2D eigenvalue weighted by Crippen LogP contribution is -2.47. The van der Waals surface area contributed by atoms with Crippen LogP contribution in [0.4, 0.5) is 0 Å². The smallest absolute Gasteiger partial charge is 0.263 e. The molecule has 4 nitrogen and oxygen atoms in total. The summed E-state index contributed by atoms with van der Waals surface area (Å²) in [5.74, 6) is 0.652. The lowest BCUT2D eigenvalue weighted by Gasteiger charge is -2.25. The van der Waals surface area contributed by atoms with Crippen molar-refractivity contribution in [3.63, 3.8) is 0 Å². The van der Waals surface area contributed by atoms with Crippen molar-refractivity contribution in [2.45, 2.75) is 51.7 Å². The van der Waals surface area contributed by atoms with Crippen LogP contribution in [0.5, 0.6) is 5.75 Å². The Morgan fingerprint density at radius 3 is 2.71 bits per heavy atom. The van der Waals surface area contributed by atoms with Gasteiger partial charge in [-0.05, 0) is 58.7 Å². The van der Waals surface area contributed by atoms with E-state index in [1.54, 1.807) is 13.8 Å². The summed E-state index contributed by atoms with van der Waals surface area (Å²) < 4.78 is 5.81. The molecule has 1 fully saturated rings. The van der Waals surface area contributed by atoms with Gasteiger partial charge in [-0.3, -0.25) is 4.79 Å². The first-order valence-corrected chi connectivity index (χ1v) is 7.75. The molecule has 1 atom stereocenters. The number of hydrogen-bond donors (Lipinski definition) is 2. The number of hydrogen-bond acceptors (Lipinski definition) is 3. The van der Waals surface area contributed by atoms with Gasteiger partial charge in [-0.2, -0.15) is 0 Å². The van der Waals surface area contributed by atoms with Crippen LogP contribution in [0.25, 0.3) is 0 Å². The minimum Gasteiger partial charge on any atom is -0.478 e. The molecule has 1 aromatic carbocycles. The van der Waals surface area contributed by atoms with Crippen molar-refractivity contribution in [1.29, 1.82) is 0 Å². The van der Waals surface area contributed by atoms with Gasteiger partial charge in [-0.25, -0.2) is 0 Å². The van der Waals surface area contributed by atoms with Crippen molar-refractivity contribution in [3.05, 3.63) is 29.8 Å². The molecule has 0 aliphatic carbocycles. The van der Waals surface area contributed by atoms with Crippen LogP contribution in [0.2, 0.25) is 0 Å². The second kappa shape index (κ2) is 6.94. The molecule has 1 aromatic rings. The summed E-state index contributed by atoms with van der Waals surface area (Å²) in [6.45, 7) is 7.42. The van der Waals surface area contributed by atoms with Crippen molar-refractivity contribution >= 4 is 5.91 Å². The zero-order valence-corrected chi connectivity index (χ0v) is 13.2. The van der Waals surface area contributed by atoms with Crippen LogP contribution in [0, 0.1) is 6.92 Å². The van der Waals surface area contributed by atoms with E-state index in [-0.39, 0.29) is 5.91 Å². The fourth-order valence-electron chi connectivity index (χ4n) is 2.52. The highest BCUT2D eigenvalue weighted by Crippen LogP contribution is 2.19. The van der Waals surface area contributed by atoms with E-state index in [4.69, 9.17) is 4.74 Å². The third-order valence-corrected chi connectivity index (χ3v) is 3.88. The highest BCUT2D eigenvalue weighted by atomic mass is 16.5. The highest BCUT2D eigenvalue weighted by molar-refractivity contribution is 5.84. The normalized spacial score (nSPS) is 18.5. The number of amides is 1. The van der Waals surface area contributed by atoms with Gasteiger partial charge in [0.15, 0.2) is 5.60 Å². The van der Waals surface area contributed by atoms with Gasteiger partial charge in [0.2, 0.25) is 0 Å².